The van der Waals surface area contributed by atoms with Crippen molar-refractivity contribution < 1.29 is 53.1 Å². The summed E-state index contributed by atoms with van der Waals surface area (Å²) in [6, 6.07) is 10.3. The Bertz CT molecular complexity index is 1610. The van der Waals surface area contributed by atoms with Crippen LogP contribution in [-0.4, -0.2) is 121 Å². The Hall–Kier alpha value is -2.57. The van der Waals surface area contributed by atoms with E-state index in [1.54, 1.807) is 59.9 Å². The zero-order chi connectivity index (χ0) is 37.5. The van der Waals surface area contributed by atoms with Crippen LogP contribution in [0.25, 0.3) is 10.8 Å². The fourth-order valence-electron chi connectivity index (χ4n) is 4.81. The van der Waals surface area contributed by atoms with Gasteiger partial charge >= 0.3 is 29.8 Å². The van der Waals surface area contributed by atoms with Crippen molar-refractivity contribution in [2.24, 2.45) is 0 Å². The van der Waals surface area contributed by atoms with E-state index >= 15 is 0 Å². The minimum atomic E-state index is -1.20. The summed E-state index contributed by atoms with van der Waals surface area (Å²) in [7, 11) is 0. The van der Waals surface area contributed by atoms with E-state index in [2.05, 4.69) is 13.2 Å². The third kappa shape index (κ3) is 14.0. The molecule has 2 heterocycles. The van der Waals surface area contributed by atoms with Crippen LogP contribution in [0.15, 0.2) is 60.7 Å². The predicted molar refractivity (Wildman–Crippen MR) is 214 cm³/mol. The molecule has 0 saturated carbocycles. The van der Waals surface area contributed by atoms with Crippen molar-refractivity contribution in [1.82, 2.24) is 0 Å². The molecule has 2 N–H and O–H groups in total. The van der Waals surface area contributed by atoms with Crippen molar-refractivity contribution >= 4 is 111 Å². The summed E-state index contributed by atoms with van der Waals surface area (Å²) in [5.41, 5.74) is -0.111. The second-order valence-electron chi connectivity index (χ2n) is 11.4. The molecule has 2 aliphatic rings. The quantitative estimate of drug-likeness (QED) is 0.0768. The SMILES string of the molecule is C=C(CC(=O)O)C(=O)OC(COC(=O)c1ccc(OCC(CSCC2SCCS2)OC(=O)C(=C)CC(=O)O)c2ccccc12)CSCC1SCCS1. The lowest BCUT2D eigenvalue weighted by atomic mass is 10.0. The molecule has 2 atom stereocenters. The van der Waals surface area contributed by atoms with Gasteiger partial charge in [-0.3, -0.25) is 9.59 Å². The van der Waals surface area contributed by atoms with Gasteiger partial charge in [0.05, 0.1) is 27.6 Å². The van der Waals surface area contributed by atoms with E-state index < -0.39 is 54.9 Å². The molecule has 2 aliphatic heterocycles. The number of benzene rings is 2. The number of ether oxygens (including phenoxy) is 4. The highest BCUT2D eigenvalue weighted by Gasteiger charge is 2.25. The van der Waals surface area contributed by atoms with Crippen LogP contribution in [0, 0.1) is 0 Å². The van der Waals surface area contributed by atoms with Crippen LogP contribution in [-0.2, 0) is 33.4 Å². The summed E-state index contributed by atoms with van der Waals surface area (Å²) in [5, 5.41) is 19.3. The summed E-state index contributed by atoms with van der Waals surface area (Å²) >= 11 is 10.7. The molecule has 0 bridgehead atoms. The third-order valence-corrected chi connectivity index (χ3v) is 16.5. The third-order valence-electron chi connectivity index (χ3n) is 7.28. The Morgan fingerprint density at radius 3 is 1.69 bits per heavy atom. The Kier molecular flexibility index (Phi) is 17.8. The van der Waals surface area contributed by atoms with Gasteiger partial charge in [0, 0.05) is 62.6 Å². The van der Waals surface area contributed by atoms with Gasteiger partial charge < -0.3 is 29.2 Å². The predicted octanol–water partition coefficient (Wildman–Crippen LogP) is 6.34. The summed E-state index contributed by atoms with van der Waals surface area (Å²) in [4.78, 5) is 60.9. The monoisotopic (exact) mass is 828 g/mol. The zero-order valence-electron chi connectivity index (χ0n) is 28.2. The lowest BCUT2D eigenvalue weighted by Gasteiger charge is -2.21. The van der Waals surface area contributed by atoms with Crippen LogP contribution in [0.2, 0.25) is 0 Å². The fraction of sp³-hybridized carbons (Fsp3) is 0.457. The average molecular weight is 829 g/mol. The Labute approximate surface area is 327 Å². The molecule has 0 radical (unpaired) electrons. The number of thioether (sulfide) groups is 6. The van der Waals surface area contributed by atoms with Crippen molar-refractivity contribution in [2.45, 2.75) is 34.2 Å². The van der Waals surface area contributed by atoms with Crippen LogP contribution in [0.1, 0.15) is 23.2 Å². The number of esters is 3. The minimum Gasteiger partial charge on any atom is -0.489 e. The smallest absolute Gasteiger partial charge is 0.338 e. The van der Waals surface area contributed by atoms with Gasteiger partial charge in [0.15, 0.2) is 0 Å². The maximum absolute atomic E-state index is 13.5. The van der Waals surface area contributed by atoms with Gasteiger partial charge in [-0.25, -0.2) is 14.4 Å². The Balaban J connectivity index is 1.42. The number of hydrogen-bond donors (Lipinski definition) is 2. The van der Waals surface area contributed by atoms with Gasteiger partial charge in [-0.05, 0) is 17.5 Å². The summed E-state index contributed by atoms with van der Waals surface area (Å²) in [5.74, 6) is 2.54. The molecule has 17 heteroatoms. The maximum atomic E-state index is 13.5. The summed E-state index contributed by atoms with van der Waals surface area (Å²) in [6.07, 6.45) is -2.61. The number of carbonyl (C=O) groups is 5. The Morgan fingerprint density at radius 2 is 1.19 bits per heavy atom. The normalized spacial score (nSPS) is 15.8. The van der Waals surface area contributed by atoms with E-state index in [0.717, 1.165) is 34.5 Å². The van der Waals surface area contributed by atoms with Gasteiger partial charge in [0.1, 0.15) is 31.2 Å². The fourth-order valence-corrected chi connectivity index (χ4v) is 13.5. The molecule has 282 valence electrons. The average Bonchev–Trinajstić information content (AvgIpc) is 3.83. The van der Waals surface area contributed by atoms with Crippen molar-refractivity contribution in [2.75, 3.05) is 59.2 Å². The number of carboxylic acids is 2. The van der Waals surface area contributed by atoms with Crippen LogP contribution in [0.4, 0.5) is 0 Å². The molecule has 0 aromatic heterocycles. The van der Waals surface area contributed by atoms with Crippen LogP contribution < -0.4 is 4.74 Å². The maximum Gasteiger partial charge on any atom is 0.338 e. The molecular weight excluding hydrogens is 789 g/mol. The molecule has 11 nitrogen and oxygen atoms in total. The van der Waals surface area contributed by atoms with Crippen molar-refractivity contribution in [1.29, 1.82) is 0 Å². The van der Waals surface area contributed by atoms with Crippen LogP contribution in [0.5, 0.6) is 5.75 Å². The number of hydrogen-bond acceptors (Lipinski definition) is 15. The summed E-state index contributed by atoms with van der Waals surface area (Å²) in [6.45, 7) is 6.82. The second-order valence-corrected chi connectivity index (χ2v) is 19.4. The van der Waals surface area contributed by atoms with Gasteiger partial charge in [-0.15, -0.1) is 47.0 Å². The van der Waals surface area contributed by atoms with Crippen molar-refractivity contribution in [3.63, 3.8) is 0 Å². The molecule has 0 amide bonds. The van der Waals surface area contributed by atoms with E-state index in [0.29, 0.717) is 37.2 Å². The Morgan fingerprint density at radius 1 is 0.712 bits per heavy atom. The first kappa shape index (κ1) is 42.2. The first-order chi connectivity index (χ1) is 25.0. The number of carboxylic acid groups (broad SMARTS) is 2. The van der Waals surface area contributed by atoms with E-state index in [-0.39, 0.29) is 29.9 Å². The lowest BCUT2D eigenvalue weighted by molar-refractivity contribution is -0.147. The van der Waals surface area contributed by atoms with Gasteiger partial charge in [-0.1, -0.05) is 37.4 Å². The van der Waals surface area contributed by atoms with Gasteiger partial charge in [0.2, 0.25) is 0 Å². The molecule has 2 saturated heterocycles. The first-order valence-corrected chi connectivity index (χ1v) is 22.6. The lowest BCUT2D eigenvalue weighted by Crippen LogP contribution is -2.29. The zero-order valence-corrected chi connectivity index (χ0v) is 33.1. The van der Waals surface area contributed by atoms with Crippen LogP contribution in [0.3, 0.4) is 0 Å². The van der Waals surface area contributed by atoms with Gasteiger partial charge in [0.25, 0.3) is 0 Å². The van der Waals surface area contributed by atoms with Crippen molar-refractivity contribution in [3.8, 4) is 5.75 Å². The van der Waals surface area contributed by atoms with Crippen molar-refractivity contribution in [3.05, 3.63) is 66.3 Å². The van der Waals surface area contributed by atoms with E-state index in [1.165, 1.54) is 0 Å². The number of carbonyl (C=O) groups excluding carboxylic acids is 3. The topological polar surface area (TPSA) is 163 Å². The number of aliphatic carboxylic acids is 2. The highest BCUT2D eigenvalue weighted by molar-refractivity contribution is 8.21. The van der Waals surface area contributed by atoms with Crippen LogP contribution >= 0.6 is 70.6 Å². The molecule has 2 unspecified atom stereocenters. The van der Waals surface area contributed by atoms with E-state index in [9.17, 15) is 24.0 Å². The molecule has 0 spiro atoms. The number of rotatable bonds is 22. The molecule has 2 fully saturated rings. The standard InChI is InChI=1S/C35H40O11S6/c1-21(13-29(36)37)33(40)45-23(17-47-19-31-49-9-10-50-31)15-43-28-8-7-27(25-5-3-4-6-26(25)28)35(42)44-16-24(18-48-20-32-51-11-12-52-32)46-34(41)22(2)14-30(38)39/h3-8,23-24,31-32H,1-2,9-20H2,(H,36,37)(H,38,39). The highest BCUT2D eigenvalue weighted by atomic mass is 32.2. The molecule has 52 heavy (non-hydrogen) atoms. The van der Waals surface area contributed by atoms with Gasteiger partial charge in [-0.2, -0.15) is 23.5 Å². The second kappa shape index (κ2) is 22.0. The molecule has 0 aliphatic carbocycles. The largest absolute Gasteiger partial charge is 0.489 e. The minimum absolute atomic E-state index is 0.0203. The molecule has 2 aromatic rings. The van der Waals surface area contributed by atoms with E-state index in [4.69, 9.17) is 29.2 Å². The molecular formula is C35H40O11S6. The highest BCUT2D eigenvalue weighted by Crippen LogP contribution is 2.36. The van der Waals surface area contributed by atoms with E-state index in [1.807, 2.05) is 47.0 Å². The molecule has 2 aromatic carbocycles. The molecule has 4 rings (SSSR count). The first-order valence-electron chi connectivity index (χ1n) is 16.1. The summed E-state index contributed by atoms with van der Waals surface area (Å²) < 4.78 is 23.9. The number of fused-ring (bicyclic) bond motifs is 1.